The molecule has 4 nitrogen and oxygen atoms in total. The molecule has 0 fully saturated rings. The fourth-order valence-electron chi connectivity index (χ4n) is 1.16. The lowest BCUT2D eigenvalue weighted by Gasteiger charge is -2.20. The zero-order chi connectivity index (χ0) is 12.5. The summed E-state index contributed by atoms with van der Waals surface area (Å²) in [5.41, 5.74) is -1.32. The average Bonchev–Trinajstić information content (AvgIpc) is 2.09. The standard InChI is InChI=1S/C9H5F3O4/c10-3-1-4(11)6(5(12)2-3)7(8(13)14)9(15)16/h1-2,7H,(H,13,14)(H,15,16)/p-2. The molecule has 0 aliphatic carbocycles. The van der Waals surface area contributed by atoms with E-state index in [4.69, 9.17) is 0 Å². The molecule has 0 atom stereocenters. The van der Waals surface area contributed by atoms with E-state index in [1.54, 1.807) is 0 Å². The summed E-state index contributed by atoms with van der Waals surface area (Å²) in [6.45, 7) is 0. The fraction of sp³-hybridized carbons (Fsp3) is 0.111. The predicted octanol–water partition coefficient (Wildman–Crippen LogP) is -1.31. The monoisotopic (exact) mass is 232 g/mol. The Kier molecular flexibility index (Phi) is 3.17. The largest absolute Gasteiger partial charge is 0.549 e. The third kappa shape index (κ3) is 2.13. The van der Waals surface area contributed by atoms with E-state index in [2.05, 4.69) is 0 Å². The van der Waals surface area contributed by atoms with Crippen LogP contribution in [-0.4, -0.2) is 11.9 Å². The maximum absolute atomic E-state index is 13.0. The molecular formula is C9H3F3O4-2. The van der Waals surface area contributed by atoms with Gasteiger partial charge in [-0.2, -0.15) is 0 Å². The van der Waals surface area contributed by atoms with Crippen molar-refractivity contribution in [3.63, 3.8) is 0 Å². The summed E-state index contributed by atoms with van der Waals surface area (Å²) >= 11 is 0. The van der Waals surface area contributed by atoms with Crippen molar-refractivity contribution in [1.29, 1.82) is 0 Å². The van der Waals surface area contributed by atoms with E-state index < -0.39 is 40.9 Å². The highest BCUT2D eigenvalue weighted by molar-refractivity contribution is 5.97. The predicted molar refractivity (Wildman–Crippen MR) is 39.1 cm³/mol. The van der Waals surface area contributed by atoms with Crippen LogP contribution >= 0.6 is 0 Å². The van der Waals surface area contributed by atoms with E-state index in [1.807, 2.05) is 0 Å². The second-order valence-corrected chi connectivity index (χ2v) is 2.85. The Hall–Kier alpha value is -2.05. The molecule has 1 aromatic rings. The van der Waals surface area contributed by atoms with Crippen molar-refractivity contribution in [2.75, 3.05) is 0 Å². The molecule has 7 heteroatoms. The van der Waals surface area contributed by atoms with Crippen LogP contribution in [0.25, 0.3) is 0 Å². The van der Waals surface area contributed by atoms with Gasteiger partial charge in [0.25, 0.3) is 0 Å². The second kappa shape index (κ2) is 4.21. The normalized spacial score (nSPS) is 10.5. The van der Waals surface area contributed by atoms with Gasteiger partial charge in [-0.05, 0) is 0 Å². The second-order valence-electron chi connectivity index (χ2n) is 2.85. The van der Waals surface area contributed by atoms with Crippen molar-refractivity contribution in [3.05, 3.63) is 35.1 Å². The van der Waals surface area contributed by atoms with Crippen LogP contribution in [-0.2, 0) is 9.59 Å². The molecule has 86 valence electrons. The van der Waals surface area contributed by atoms with E-state index >= 15 is 0 Å². The first-order valence-corrected chi connectivity index (χ1v) is 3.90. The van der Waals surface area contributed by atoms with E-state index in [0.29, 0.717) is 0 Å². The van der Waals surface area contributed by atoms with Crippen LogP contribution in [0.2, 0.25) is 0 Å². The Labute approximate surface area is 86.9 Å². The Morgan fingerprint density at radius 1 is 1.00 bits per heavy atom. The first kappa shape index (κ1) is 12.0. The maximum Gasteiger partial charge on any atom is 0.133 e. The number of carbonyl (C=O) groups excluding carboxylic acids is 2. The third-order valence-corrected chi connectivity index (χ3v) is 1.80. The number of carboxylic acids is 2. The van der Waals surface area contributed by atoms with Gasteiger partial charge in [0.05, 0.1) is 17.9 Å². The molecule has 1 rings (SSSR count). The molecule has 0 aliphatic heterocycles. The van der Waals surface area contributed by atoms with Gasteiger partial charge >= 0.3 is 0 Å². The summed E-state index contributed by atoms with van der Waals surface area (Å²) in [5, 5.41) is 20.7. The van der Waals surface area contributed by atoms with Crippen molar-refractivity contribution in [3.8, 4) is 0 Å². The third-order valence-electron chi connectivity index (χ3n) is 1.80. The number of rotatable bonds is 3. The Bertz CT molecular complexity index is 421. The van der Waals surface area contributed by atoms with Gasteiger partial charge in [0.15, 0.2) is 0 Å². The molecule has 0 unspecified atom stereocenters. The fourth-order valence-corrected chi connectivity index (χ4v) is 1.16. The molecule has 0 saturated carbocycles. The molecule has 0 N–H and O–H groups in total. The van der Waals surface area contributed by atoms with Gasteiger partial charge < -0.3 is 19.8 Å². The number of hydrogen-bond acceptors (Lipinski definition) is 4. The number of carboxylic acid groups (broad SMARTS) is 2. The summed E-state index contributed by atoms with van der Waals surface area (Å²) in [5.74, 6) is -11.7. The first-order valence-electron chi connectivity index (χ1n) is 3.90. The zero-order valence-corrected chi connectivity index (χ0v) is 7.50. The number of benzene rings is 1. The van der Waals surface area contributed by atoms with Gasteiger partial charge in [0, 0.05) is 17.7 Å². The lowest BCUT2D eigenvalue weighted by molar-refractivity contribution is -0.326. The van der Waals surface area contributed by atoms with Crippen molar-refractivity contribution < 1.29 is 33.0 Å². The van der Waals surface area contributed by atoms with Crippen molar-refractivity contribution >= 4 is 11.9 Å². The average molecular weight is 232 g/mol. The maximum atomic E-state index is 13.0. The number of halogens is 3. The van der Waals surface area contributed by atoms with Crippen LogP contribution in [0.5, 0.6) is 0 Å². The minimum atomic E-state index is -2.62. The molecule has 1 aromatic carbocycles. The smallest absolute Gasteiger partial charge is 0.133 e. The number of carbonyl (C=O) groups is 2. The Morgan fingerprint density at radius 2 is 1.38 bits per heavy atom. The highest BCUT2D eigenvalue weighted by Crippen LogP contribution is 2.23. The van der Waals surface area contributed by atoms with Crippen molar-refractivity contribution in [1.82, 2.24) is 0 Å². The van der Waals surface area contributed by atoms with Gasteiger partial charge in [-0.1, -0.05) is 0 Å². The molecule has 0 aliphatic rings. The summed E-state index contributed by atoms with van der Waals surface area (Å²) < 4.78 is 38.5. The minimum absolute atomic E-state index is 0.164. The summed E-state index contributed by atoms with van der Waals surface area (Å²) in [7, 11) is 0. The molecular weight excluding hydrogens is 229 g/mol. The molecule has 0 aromatic heterocycles. The number of hydrogen-bond donors (Lipinski definition) is 0. The quantitative estimate of drug-likeness (QED) is 0.606. The van der Waals surface area contributed by atoms with E-state index in [-0.39, 0.29) is 12.1 Å². The molecule has 0 spiro atoms. The van der Waals surface area contributed by atoms with E-state index in [1.165, 1.54) is 0 Å². The van der Waals surface area contributed by atoms with Gasteiger partial charge in [0.1, 0.15) is 17.5 Å². The molecule has 16 heavy (non-hydrogen) atoms. The van der Waals surface area contributed by atoms with Crippen LogP contribution in [0, 0.1) is 17.5 Å². The highest BCUT2D eigenvalue weighted by Gasteiger charge is 2.23. The SMILES string of the molecule is O=C([O-])C(C(=O)[O-])c1c(F)cc(F)cc1F. The topological polar surface area (TPSA) is 80.3 Å². The van der Waals surface area contributed by atoms with Crippen LogP contribution in [0.3, 0.4) is 0 Å². The molecule has 0 radical (unpaired) electrons. The van der Waals surface area contributed by atoms with Crippen molar-refractivity contribution in [2.45, 2.75) is 5.92 Å². The lowest BCUT2D eigenvalue weighted by atomic mass is 9.98. The Morgan fingerprint density at radius 3 is 1.69 bits per heavy atom. The Balaban J connectivity index is 3.41. The van der Waals surface area contributed by atoms with E-state index in [0.717, 1.165) is 0 Å². The van der Waals surface area contributed by atoms with Gasteiger partial charge in [-0.3, -0.25) is 0 Å². The summed E-state index contributed by atoms with van der Waals surface area (Å²) in [6, 6.07) is 0.328. The molecule has 0 amide bonds. The number of aliphatic carboxylic acids is 2. The molecule has 0 saturated heterocycles. The van der Waals surface area contributed by atoms with E-state index in [9.17, 15) is 33.0 Å². The van der Waals surface area contributed by atoms with Gasteiger partial charge in [-0.15, -0.1) is 0 Å². The van der Waals surface area contributed by atoms with Crippen LogP contribution in [0.4, 0.5) is 13.2 Å². The van der Waals surface area contributed by atoms with Gasteiger partial charge in [0.2, 0.25) is 0 Å². The lowest BCUT2D eigenvalue weighted by Crippen LogP contribution is -2.42. The van der Waals surface area contributed by atoms with Crippen LogP contribution in [0.1, 0.15) is 11.5 Å². The van der Waals surface area contributed by atoms with Crippen molar-refractivity contribution in [2.24, 2.45) is 0 Å². The summed E-state index contributed by atoms with van der Waals surface area (Å²) in [4.78, 5) is 20.7. The highest BCUT2D eigenvalue weighted by atomic mass is 19.1. The first-order chi connectivity index (χ1) is 7.34. The van der Waals surface area contributed by atoms with Crippen LogP contribution in [0.15, 0.2) is 12.1 Å². The molecule has 0 heterocycles. The zero-order valence-electron chi connectivity index (χ0n) is 7.50. The van der Waals surface area contributed by atoms with Crippen LogP contribution < -0.4 is 10.2 Å². The van der Waals surface area contributed by atoms with Gasteiger partial charge in [-0.25, -0.2) is 13.2 Å². The minimum Gasteiger partial charge on any atom is -0.549 e. The summed E-state index contributed by atoms with van der Waals surface area (Å²) in [6.07, 6.45) is 0. The molecule has 0 bridgehead atoms.